The molecule has 5 rings (SSSR count). The number of halogens is 1. The molecular formula is C25H28FN3O2S. The predicted molar refractivity (Wildman–Crippen MR) is 126 cm³/mol. The Morgan fingerprint density at radius 2 is 1.94 bits per heavy atom. The van der Waals surface area contributed by atoms with Crippen LogP contribution < -0.4 is 4.90 Å². The van der Waals surface area contributed by atoms with Crippen molar-refractivity contribution in [3.05, 3.63) is 58.9 Å². The first kappa shape index (κ1) is 21.5. The number of rotatable bonds is 6. The standard InChI is InChI=1S/C25H28FN3O2S/c26-21-7-3-8-22-23(21)27-25(32-22)29(12-4-11-28-13-15-31-16-14-28)24(30)20-10-9-18-5-1-2-6-19(18)17-20/h3,7-10,17H,1-2,4-6,11-16H2. The van der Waals surface area contributed by atoms with Crippen LogP contribution in [-0.4, -0.2) is 55.2 Å². The van der Waals surface area contributed by atoms with Crippen LogP contribution >= 0.6 is 11.3 Å². The number of nitrogens with zero attached hydrogens (tertiary/aromatic N) is 3. The summed E-state index contributed by atoms with van der Waals surface area (Å²) in [7, 11) is 0. The Hall–Kier alpha value is -2.35. The lowest BCUT2D eigenvalue weighted by Crippen LogP contribution is -2.39. The molecule has 1 aliphatic heterocycles. The van der Waals surface area contributed by atoms with Crippen molar-refractivity contribution in [2.75, 3.05) is 44.3 Å². The van der Waals surface area contributed by atoms with Gasteiger partial charge in [0.05, 0.1) is 17.9 Å². The molecule has 1 saturated heterocycles. The van der Waals surface area contributed by atoms with Gasteiger partial charge in [0, 0.05) is 31.7 Å². The molecule has 32 heavy (non-hydrogen) atoms. The number of amides is 1. The van der Waals surface area contributed by atoms with Crippen LogP contribution in [0.25, 0.3) is 10.2 Å². The molecule has 0 N–H and O–H groups in total. The van der Waals surface area contributed by atoms with Gasteiger partial charge in [-0.15, -0.1) is 0 Å². The summed E-state index contributed by atoms with van der Waals surface area (Å²) in [6, 6.07) is 11.1. The molecule has 0 bridgehead atoms. The van der Waals surface area contributed by atoms with Crippen molar-refractivity contribution in [3.8, 4) is 0 Å². The van der Waals surface area contributed by atoms with E-state index in [9.17, 15) is 9.18 Å². The van der Waals surface area contributed by atoms with Gasteiger partial charge in [-0.3, -0.25) is 14.6 Å². The minimum Gasteiger partial charge on any atom is -0.379 e. The first-order chi connectivity index (χ1) is 15.7. The molecule has 7 heteroatoms. The largest absolute Gasteiger partial charge is 0.379 e. The summed E-state index contributed by atoms with van der Waals surface area (Å²) in [5, 5.41) is 0.565. The van der Waals surface area contributed by atoms with E-state index in [0.717, 1.165) is 56.8 Å². The lowest BCUT2D eigenvalue weighted by Gasteiger charge is -2.28. The summed E-state index contributed by atoms with van der Waals surface area (Å²) in [5.74, 6) is -0.403. The number of carbonyl (C=O) groups is 1. The number of hydrogen-bond acceptors (Lipinski definition) is 5. The molecule has 0 unspecified atom stereocenters. The highest BCUT2D eigenvalue weighted by Gasteiger charge is 2.23. The maximum atomic E-state index is 14.3. The second kappa shape index (κ2) is 9.65. The molecule has 1 amide bonds. The van der Waals surface area contributed by atoms with Crippen LogP contribution in [0.2, 0.25) is 0 Å². The summed E-state index contributed by atoms with van der Waals surface area (Å²) in [4.78, 5) is 22.3. The van der Waals surface area contributed by atoms with Gasteiger partial charge in [0.2, 0.25) is 0 Å². The van der Waals surface area contributed by atoms with Crippen molar-refractivity contribution in [3.63, 3.8) is 0 Å². The number of thiazole rings is 1. The van der Waals surface area contributed by atoms with Gasteiger partial charge in [-0.05, 0) is 67.5 Å². The van der Waals surface area contributed by atoms with Crippen LogP contribution in [0.1, 0.15) is 40.7 Å². The number of anilines is 1. The Morgan fingerprint density at radius 3 is 2.75 bits per heavy atom. The maximum Gasteiger partial charge on any atom is 0.260 e. The Bertz CT molecular complexity index is 1110. The van der Waals surface area contributed by atoms with E-state index in [4.69, 9.17) is 4.74 Å². The molecule has 2 heterocycles. The van der Waals surface area contributed by atoms with E-state index < -0.39 is 0 Å². The minimum absolute atomic E-state index is 0.0557. The van der Waals surface area contributed by atoms with Gasteiger partial charge in [-0.1, -0.05) is 23.5 Å². The highest BCUT2D eigenvalue weighted by molar-refractivity contribution is 7.22. The lowest BCUT2D eigenvalue weighted by molar-refractivity contribution is 0.0376. The van der Waals surface area contributed by atoms with Gasteiger partial charge in [-0.25, -0.2) is 9.37 Å². The second-order valence-electron chi connectivity index (χ2n) is 8.54. The minimum atomic E-state index is -0.348. The molecule has 0 atom stereocenters. The number of para-hydroxylation sites is 1. The highest BCUT2D eigenvalue weighted by Crippen LogP contribution is 2.32. The monoisotopic (exact) mass is 453 g/mol. The molecular weight excluding hydrogens is 425 g/mol. The molecule has 0 radical (unpaired) electrons. The zero-order chi connectivity index (χ0) is 21.9. The van der Waals surface area contributed by atoms with E-state index in [1.54, 1.807) is 11.0 Å². The summed E-state index contributed by atoms with van der Waals surface area (Å²) in [6.45, 7) is 4.81. The number of fused-ring (bicyclic) bond motifs is 2. The smallest absolute Gasteiger partial charge is 0.260 e. The molecule has 1 aliphatic carbocycles. The molecule has 1 aromatic heterocycles. The van der Waals surface area contributed by atoms with E-state index in [1.807, 2.05) is 12.1 Å². The lowest BCUT2D eigenvalue weighted by atomic mass is 9.90. The summed E-state index contributed by atoms with van der Waals surface area (Å²) in [6.07, 6.45) is 5.33. The summed E-state index contributed by atoms with van der Waals surface area (Å²) in [5.41, 5.74) is 3.67. The first-order valence-corrected chi connectivity index (χ1v) is 12.3. The molecule has 168 valence electrons. The van der Waals surface area contributed by atoms with E-state index >= 15 is 0 Å². The number of ether oxygens (including phenoxy) is 1. The Morgan fingerprint density at radius 1 is 1.12 bits per heavy atom. The van der Waals surface area contributed by atoms with Crippen LogP contribution in [-0.2, 0) is 17.6 Å². The third-order valence-electron chi connectivity index (χ3n) is 6.39. The normalized spacial score (nSPS) is 16.8. The van der Waals surface area contributed by atoms with E-state index in [0.29, 0.717) is 22.8 Å². The fourth-order valence-electron chi connectivity index (χ4n) is 4.60. The van der Waals surface area contributed by atoms with Crippen LogP contribution in [0.4, 0.5) is 9.52 Å². The van der Waals surface area contributed by atoms with Crippen molar-refractivity contribution in [2.45, 2.75) is 32.1 Å². The molecule has 5 nitrogen and oxygen atoms in total. The number of aryl methyl sites for hydroxylation is 2. The number of benzene rings is 2. The van der Waals surface area contributed by atoms with Gasteiger partial charge in [0.25, 0.3) is 5.91 Å². The molecule has 0 spiro atoms. The van der Waals surface area contributed by atoms with E-state index in [2.05, 4.69) is 22.0 Å². The van der Waals surface area contributed by atoms with Gasteiger partial charge in [-0.2, -0.15) is 0 Å². The van der Waals surface area contributed by atoms with Crippen molar-refractivity contribution in [2.24, 2.45) is 0 Å². The SMILES string of the molecule is O=C(c1ccc2c(c1)CCCC2)N(CCCN1CCOCC1)c1nc2c(F)cccc2s1. The molecule has 1 fully saturated rings. The predicted octanol–water partition coefficient (Wildman–Crippen LogP) is 4.68. The van der Waals surface area contributed by atoms with Crippen LogP contribution in [0.3, 0.4) is 0 Å². The zero-order valence-electron chi connectivity index (χ0n) is 18.2. The van der Waals surface area contributed by atoms with Crippen molar-refractivity contribution < 1.29 is 13.9 Å². The van der Waals surface area contributed by atoms with Crippen LogP contribution in [0.5, 0.6) is 0 Å². The molecule has 3 aromatic rings. The highest BCUT2D eigenvalue weighted by atomic mass is 32.1. The fourth-order valence-corrected chi connectivity index (χ4v) is 5.61. The quantitative estimate of drug-likeness (QED) is 0.544. The van der Waals surface area contributed by atoms with Gasteiger partial charge in [0.1, 0.15) is 11.3 Å². The van der Waals surface area contributed by atoms with Crippen molar-refractivity contribution in [1.82, 2.24) is 9.88 Å². The summed E-state index contributed by atoms with van der Waals surface area (Å²) >= 11 is 1.38. The van der Waals surface area contributed by atoms with Crippen molar-refractivity contribution in [1.29, 1.82) is 0 Å². The third-order valence-corrected chi connectivity index (χ3v) is 7.43. The van der Waals surface area contributed by atoms with Crippen molar-refractivity contribution >= 4 is 32.6 Å². The Kier molecular flexibility index (Phi) is 6.48. The topological polar surface area (TPSA) is 45.7 Å². The fraction of sp³-hybridized carbons (Fsp3) is 0.440. The van der Waals surface area contributed by atoms with Crippen LogP contribution in [0.15, 0.2) is 36.4 Å². The first-order valence-electron chi connectivity index (χ1n) is 11.5. The number of aromatic nitrogens is 1. The number of morpholine rings is 1. The van der Waals surface area contributed by atoms with Gasteiger partial charge in [0.15, 0.2) is 5.13 Å². The second-order valence-corrected chi connectivity index (χ2v) is 9.55. The Balaban J connectivity index is 1.41. The van der Waals surface area contributed by atoms with Crippen LogP contribution in [0, 0.1) is 5.82 Å². The van der Waals surface area contributed by atoms with Gasteiger partial charge >= 0.3 is 0 Å². The zero-order valence-corrected chi connectivity index (χ0v) is 19.0. The summed E-state index contributed by atoms with van der Waals surface area (Å²) < 4.78 is 20.5. The number of hydrogen-bond donors (Lipinski definition) is 0. The molecule has 2 aromatic carbocycles. The number of carbonyl (C=O) groups excluding carboxylic acids is 1. The maximum absolute atomic E-state index is 14.3. The average Bonchev–Trinajstić information content (AvgIpc) is 3.27. The third kappa shape index (κ3) is 4.56. The average molecular weight is 454 g/mol. The Labute approximate surface area is 191 Å². The van der Waals surface area contributed by atoms with E-state index in [1.165, 1.54) is 41.4 Å². The van der Waals surface area contributed by atoms with Gasteiger partial charge < -0.3 is 4.74 Å². The van der Waals surface area contributed by atoms with E-state index in [-0.39, 0.29) is 11.7 Å². The molecule has 0 saturated carbocycles. The molecule has 2 aliphatic rings.